The summed E-state index contributed by atoms with van der Waals surface area (Å²) in [6, 6.07) is 0. The smallest absolute Gasteiger partial charge is 0.302 e. The lowest BCUT2D eigenvalue weighted by atomic mass is 10.1. The third kappa shape index (κ3) is 20.0. The van der Waals surface area contributed by atoms with Crippen molar-refractivity contribution in [3.05, 3.63) is 12.2 Å². The van der Waals surface area contributed by atoms with Gasteiger partial charge in [0.15, 0.2) is 8.32 Å². The highest BCUT2D eigenvalue weighted by molar-refractivity contribution is 6.74. The van der Waals surface area contributed by atoms with Crippen LogP contribution in [0.15, 0.2) is 12.2 Å². The molecule has 0 unspecified atom stereocenters. The predicted molar refractivity (Wildman–Crippen MR) is 143 cm³/mol. The molecule has 0 amide bonds. The van der Waals surface area contributed by atoms with E-state index in [9.17, 15) is 4.79 Å². The van der Waals surface area contributed by atoms with E-state index in [1.54, 1.807) is 0 Å². The van der Waals surface area contributed by atoms with Crippen molar-refractivity contribution in [2.75, 3.05) is 13.2 Å². The van der Waals surface area contributed by atoms with Crippen LogP contribution in [0.4, 0.5) is 0 Å². The van der Waals surface area contributed by atoms with E-state index >= 15 is 0 Å². The van der Waals surface area contributed by atoms with E-state index in [0.29, 0.717) is 11.6 Å². The molecule has 0 aliphatic heterocycles. The minimum atomic E-state index is -1.54. The van der Waals surface area contributed by atoms with Gasteiger partial charge < -0.3 is 9.16 Å². The summed E-state index contributed by atoms with van der Waals surface area (Å²) >= 11 is 0. The number of rotatable bonds is 21. The SMILES string of the molecule is CC(=O)OCCCCCCC/C=C/CCCCCCCCCCCO[Si](C)(C)C(C)(C)C. The molecule has 0 spiro atoms. The summed E-state index contributed by atoms with van der Waals surface area (Å²) in [5.41, 5.74) is 0. The normalized spacial score (nSPS) is 12.6. The zero-order valence-corrected chi connectivity index (χ0v) is 23.6. The van der Waals surface area contributed by atoms with E-state index in [1.807, 2.05) is 0 Å². The molecule has 0 aromatic carbocycles. The Morgan fingerprint density at radius 3 is 1.44 bits per heavy atom. The van der Waals surface area contributed by atoms with Crippen LogP contribution in [-0.4, -0.2) is 27.5 Å². The van der Waals surface area contributed by atoms with Gasteiger partial charge in [-0.3, -0.25) is 4.79 Å². The van der Waals surface area contributed by atoms with Crippen LogP contribution in [0.1, 0.15) is 130 Å². The molecular weight excluding hydrogens is 412 g/mol. The first-order chi connectivity index (χ1) is 15.2. The largest absolute Gasteiger partial charge is 0.466 e. The van der Waals surface area contributed by atoms with Crippen molar-refractivity contribution in [1.29, 1.82) is 0 Å². The fourth-order valence-electron chi connectivity index (χ4n) is 3.49. The maximum atomic E-state index is 10.7. The molecule has 0 bridgehead atoms. The Bertz CT molecular complexity index is 466. The molecule has 0 aliphatic carbocycles. The van der Waals surface area contributed by atoms with Gasteiger partial charge in [0.25, 0.3) is 0 Å². The molecule has 0 radical (unpaired) electrons. The molecule has 0 aliphatic rings. The van der Waals surface area contributed by atoms with Crippen LogP contribution in [0.5, 0.6) is 0 Å². The van der Waals surface area contributed by atoms with Gasteiger partial charge in [0.05, 0.1) is 6.61 Å². The molecular formula is C28H56O3Si. The predicted octanol–water partition coefficient (Wildman–Crippen LogP) is 9.37. The highest BCUT2D eigenvalue weighted by Crippen LogP contribution is 2.36. The Morgan fingerprint density at radius 1 is 0.656 bits per heavy atom. The number of carbonyl (C=O) groups excluding carboxylic acids is 1. The monoisotopic (exact) mass is 468 g/mol. The quantitative estimate of drug-likeness (QED) is 0.0728. The standard InChI is InChI=1S/C28H56O3Si/c1-27(29)30-25-23-21-19-17-15-13-11-9-7-8-10-12-14-16-18-20-22-24-26-31-32(5,6)28(2,3)4/h9,11H,7-8,10,12-26H2,1-6H3/b11-9+. The average molecular weight is 469 g/mol. The van der Waals surface area contributed by atoms with Gasteiger partial charge in [-0.25, -0.2) is 0 Å². The summed E-state index contributed by atoms with van der Waals surface area (Å²) < 4.78 is 11.2. The second kappa shape index (κ2) is 19.8. The second-order valence-electron chi connectivity index (χ2n) is 10.9. The van der Waals surface area contributed by atoms with Crippen LogP contribution in [0.25, 0.3) is 0 Å². The van der Waals surface area contributed by atoms with E-state index in [-0.39, 0.29) is 5.97 Å². The van der Waals surface area contributed by atoms with E-state index < -0.39 is 8.32 Å². The number of esters is 1. The lowest BCUT2D eigenvalue weighted by Gasteiger charge is -2.36. The summed E-state index contributed by atoms with van der Waals surface area (Å²) in [5.74, 6) is -0.163. The average Bonchev–Trinajstić information content (AvgIpc) is 2.70. The van der Waals surface area contributed by atoms with Gasteiger partial charge in [0, 0.05) is 13.5 Å². The molecule has 0 heterocycles. The van der Waals surface area contributed by atoms with Crippen molar-refractivity contribution in [2.45, 2.75) is 149 Å². The summed E-state index contributed by atoms with van der Waals surface area (Å²) in [4.78, 5) is 10.7. The van der Waals surface area contributed by atoms with Gasteiger partial charge in [-0.2, -0.15) is 0 Å². The number of carbonyl (C=O) groups is 1. The molecule has 0 atom stereocenters. The zero-order valence-electron chi connectivity index (χ0n) is 22.6. The molecule has 0 fully saturated rings. The summed E-state index contributed by atoms with van der Waals surface area (Å²) in [7, 11) is -1.54. The van der Waals surface area contributed by atoms with Crippen molar-refractivity contribution in [2.24, 2.45) is 0 Å². The first-order valence-corrected chi connectivity index (χ1v) is 16.5. The summed E-state index contributed by atoms with van der Waals surface area (Å²) in [6.07, 6.45) is 25.5. The second-order valence-corrected chi connectivity index (χ2v) is 15.8. The van der Waals surface area contributed by atoms with E-state index in [0.717, 1.165) is 13.0 Å². The highest BCUT2D eigenvalue weighted by atomic mass is 28.4. The van der Waals surface area contributed by atoms with Crippen LogP contribution >= 0.6 is 0 Å². The third-order valence-electron chi connectivity index (χ3n) is 6.77. The fourth-order valence-corrected chi connectivity index (χ4v) is 4.58. The van der Waals surface area contributed by atoms with Crippen LogP contribution in [0, 0.1) is 0 Å². The Morgan fingerprint density at radius 2 is 1.03 bits per heavy atom. The van der Waals surface area contributed by atoms with Gasteiger partial charge in [0.1, 0.15) is 0 Å². The molecule has 4 heteroatoms. The van der Waals surface area contributed by atoms with Gasteiger partial charge >= 0.3 is 5.97 Å². The van der Waals surface area contributed by atoms with Gasteiger partial charge in [-0.15, -0.1) is 0 Å². The Balaban J connectivity index is 3.25. The van der Waals surface area contributed by atoms with E-state index in [1.165, 1.54) is 103 Å². The zero-order chi connectivity index (χ0) is 24.1. The van der Waals surface area contributed by atoms with Gasteiger partial charge in [0.2, 0.25) is 0 Å². The van der Waals surface area contributed by atoms with E-state index in [4.69, 9.17) is 9.16 Å². The third-order valence-corrected chi connectivity index (χ3v) is 11.3. The summed E-state index contributed by atoms with van der Waals surface area (Å²) in [5, 5.41) is 0.331. The number of hydrogen-bond donors (Lipinski definition) is 0. The lowest BCUT2D eigenvalue weighted by Crippen LogP contribution is -2.40. The molecule has 0 N–H and O–H groups in total. The molecule has 190 valence electrons. The molecule has 0 saturated carbocycles. The maximum absolute atomic E-state index is 10.7. The van der Waals surface area contributed by atoms with Gasteiger partial charge in [-0.05, 0) is 56.7 Å². The first kappa shape index (κ1) is 31.4. The Hall–Kier alpha value is -0.613. The minimum absolute atomic E-state index is 0.163. The molecule has 0 aromatic heterocycles. The van der Waals surface area contributed by atoms with Crippen LogP contribution in [0.2, 0.25) is 18.1 Å². The molecule has 32 heavy (non-hydrogen) atoms. The van der Waals surface area contributed by atoms with Gasteiger partial charge in [-0.1, -0.05) is 97.1 Å². The Labute approximate surface area is 202 Å². The van der Waals surface area contributed by atoms with Crippen LogP contribution in [0.3, 0.4) is 0 Å². The maximum Gasteiger partial charge on any atom is 0.302 e. The van der Waals surface area contributed by atoms with Crippen molar-refractivity contribution < 1.29 is 14.0 Å². The van der Waals surface area contributed by atoms with Crippen LogP contribution < -0.4 is 0 Å². The first-order valence-electron chi connectivity index (χ1n) is 13.6. The van der Waals surface area contributed by atoms with Crippen molar-refractivity contribution in [3.63, 3.8) is 0 Å². The minimum Gasteiger partial charge on any atom is -0.466 e. The number of ether oxygens (including phenoxy) is 1. The number of allylic oxidation sites excluding steroid dienone is 2. The van der Waals surface area contributed by atoms with Crippen LogP contribution in [-0.2, 0) is 14.0 Å². The molecule has 0 aromatic rings. The molecule has 0 rings (SSSR count). The molecule has 0 saturated heterocycles. The van der Waals surface area contributed by atoms with E-state index in [2.05, 4.69) is 46.0 Å². The highest BCUT2D eigenvalue weighted by Gasteiger charge is 2.36. The Kier molecular flexibility index (Phi) is 19.4. The number of unbranched alkanes of at least 4 members (excludes halogenated alkanes) is 14. The fraction of sp³-hybridized carbons (Fsp3) is 0.893. The number of hydrogen-bond acceptors (Lipinski definition) is 3. The summed E-state index contributed by atoms with van der Waals surface area (Å²) in [6.45, 7) is 14.7. The van der Waals surface area contributed by atoms with Crippen molar-refractivity contribution in [3.8, 4) is 0 Å². The van der Waals surface area contributed by atoms with Crippen molar-refractivity contribution >= 4 is 14.3 Å². The topological polar surface area (TPSA) is 35.5 Å². The lowest BCUT2D eigenvalue weighted by molar-refractivity contribution is -0.141. The molecule has 3 nitrogen and oxygen atoms in total. The van der Waals surface area contributed by atoms with Crippen molar-refractivity contribution in [1.82, 2.24) is 0 Å².